The molecule has 0 radical (unpaired) electrons. The Morgan fingerprint density at radius 2 is 2.19 bits per heavy atom. The molecule has 4 nitrogen and oxygen atoms in total. The van der Waals surface area contributed by atoms with Gasteiger partial charge in [0.1, 0.15) is 11.0 Å². The molecule has 0 aliphatic carbocycles. The molecule has 86 valence electrons. The fourth-order valence-electron chi connectivity index (χ4n) is 1.82. The van der Waals surface area contributed by atoms with Crippen molar-refractivity contribution in [2.75, 3.05) is 0 Å². The molecule has 0 aliphatic rings. The standard InChI is InChI=1S/C11H15ClN4/c1-4-10-13-5-6-16(10)7-9-8(2)14-15(3)11(9)12/h5-6H,4,7H2,1-3H3. The van der Waals surface area contributed by atoms with E-state index < -0.39 is 0 Å². The van der Waals surface area contributed by atoms with Gasteiger partial charge in [-0.25, -0.2) is 4.98 Å². The lowest BCUT2D eigenvalue weighted by Gasteiger charge is -2.06. The van der Waals surface area contributed by atoms with Crippen LogP contribution in [-0.2, 0) is 20.0 Å². The van der Waals surface area contributed by atoms with Crippen molar-refractivity contribution in [1.82, 2.24) is 19.3 Å². The Kier molecular flexibility index (Phi) is 3.01. The second-order valence-electron chi connectivity index (χ2n) is 3.80. The zero-order chi connectivity index (χ0) is 11.7. The summed E-state index contributed by atoms with van der Waals surface area (Å²) in [6, 6.07) is 0. The first-order chi connectivity index (χ1) is 7.63. The molecular weight excluding hydrogens is 224 g/mol. The van der Waals surface area contributed by atoms with E-state index >= 15 is 0 Å². The largest absolute Gasteiger partial charge is 0.330 e. The maximum absolute atomic E-state index is 6.19. The Morgan fingerprint density at radius 3 is 2.75 bits per heavy atom. The molecule has 2 rings (SSSR count). The first kappa shape index (κ1) is 11.2. The molecule has 0 atom stereocenters. The Balaban J connectivity index is 2.34. The van der Waals surface area contributed by atoms with Crippen LogP contribution >= 0.6 is 11.6 Å². The summed E-state index contributed by atoms with van der Waals surface area (Å²) >= 11 is 6.19. The van der Waals surface area contributed by atoms with Gasteiger partial charge in [-0.1, -0.05) is 18.5 Å². The molecule has 0 saturated carbocycles. The lowest BCUT2D eigenvalue weighted by atomic mass is 10.2. The highest BCUT2D eigenvalue weighted by molar-refractivity contribution is 6.30. The molecule has 0 aliphatic heterocycles. The van der Waals surface area contributed by atoms with E-state index in [0.717, 1.165) is 30.0 Å². The van der Waals surface area contributed by atoms with Crippen molar-refractivity contribution < 1.29 is 0 Å². The molecule has 0 N–H and O–H groups in total. The summed E-state index contributed by atoms with van der Waals surface area (Å²) in [5.41, 5.74) is 2.04. The number of hydrogen-bond acceptors (Lipinski definition) is 2. The third-order valence-corrected chi connectivity index (χ3v) is 3.19. The van der Waals surface area contributed by atoms with Crippen LogP contribution in [-0.4, -0.2) is 19.3 Å². The number of aromatic nitrogens is 4. The fraction of sp³-hybridized carbons (Fsp3) is 0.455. The van der Waals surface area contributed by atoms with E-state index in [1.165, 1.54) is 0 Å². The van der Waals surface area contributed by atoms with Gasteiger partial charge in [-0.2, -0.15) is 5.10 Å². The predicted octanol–water partition coefficient (Wildman–Crippen LogP) is 2.19. The lowest BCUT2D eigenvalue weighted by molar-refractivity contribution is 0.728. The van der Waals surface area contributed by atoms with Gasteiger partial charge in [0.05, 0.1) is 12.2 Å². The first-order valence-electron chi connectivity index (χ1n) is 5.31. The van der Waals surface area contributed by atoms with Crippen LogP contribution in [0.15, 0.2) is 12.4 Å². The number of aryl methyl sites for hydroxylation is 3. The van der Waals surface area contributed by atoms with Crippen LogP contribution in [0.4, 0.5) is 0 Å². The summed E-state index contributed by atoms with van der Waals surface area (Å²) < 4.78 is 3.81. The van der Waals surface area contributed by atoms with E-state index in [0.29, 0.717) is 5.15 Å². The van der Waals surface area contributed by atoms with E-state index in [9.17, 15) is 0 Å². The zero-order valence-corrected chi connectivity index (χ0v) is 10.5. The van der Waals surface area contributed by atoms with Crippen LogP contribution < -0.4 is 0 Å². The molecule has 16 heavy (non-hydrogen) atoms. The van der Waals surface area contributed by atoms with Gasteiger partial charge in [0.2, 0.25) is 0 Å². The van der Waals surface area contributed by atoms with Crippen molar-refractivity contribution >= 4 is 11.6 Å². The summed E-state index contributed by atoms with van der Waals surface area (Å²) in [6.07, 6.45) is 4.71. The highest BCUT2D eigenvalue weighted by atomic mass is 35.5. The Hall–Kier alpha value is -1.29. The maximum atomic E-state index is 6.19. The topological polar surface area (TPSA) is 35.6 Å². The average Bonchev–Trinajstić information content (AvgIpc) is 2.79. The summed E-state index contributed by atoms with van der Waals surface area (Å²) in [5, 5.41) is 5.00. The summed E-state index contributed by atoms with van der Waals surface area (Å²) in [7, 11) is 1.85. The molecule has 5 heteroatoms. The van der Waals surface area contributed by atoms with Gasteiger partial charge in [0.15, 0.2) is 0 Å². The van der Waals surface area contributed by atoms with Crippen LogP contribution in [0.5, 0.6) is 0 Å². The summed E-state index contributed by atoms with van der Waals surface area (Å²) in [6.45, 7) is 4.81. The fourth-order valence-corrected chi connectivity index (χ4v) is 2.06. The molecule has 2 aromatic heterocycles. The van der Waals surface area contributed by atoms with Gasteiger partial charge in [0.25, 0.3) is 0 Å². The van der Waals surface area contributed by atoms with Crippen LogP contribution in [0, 0.1) is 6.92 Å². The average molecular weight is 239 g/mol. The van der Waals surface area contributed by atoms with Gasteiger partial charge >= 0.3 is 0 Å². The van der Waals surface area contributed by atoms with Crippen molar-refractivity contribution in [3.05, 3.63) is 34.6 Å². The van der Waals surface area contributed by atoms with Gasteiger partial charge in [0, 0.05) is 31.4 Å². The second kappa shape index (κ2) is 4.29. The van der Waals surface area contributed by atoms with E-state index in [-0.39, 0.29) is 0 Å². The third-order valence-electron chi connectivity index (χ3n) is 2.72. The molecule has 2 aromatic rings. The first-order valence-corrected chi connectivity index (χ1v) is 5.69. The van der Waals surface area contributed by atoms with E-state index in [1.54, 1.807) is 4.68 Å². The van der Waals surface area contributed by atoms with E-state index in [4.69, 9.17) is 11.6 Å². The summed E-state index contributed by atoms with van der Waals surface area (Å²) in [5.74, 6) is 1.07. The minimum atomic E-state index is 0.702. The Labute approximate surface area is 99.9 Å². The molecule has 0 saturated heterocycles. The SMILES string of the molecule is CCc1nccn1Cc1c(C)nn(C)c1Cl. The minimum Gasteiger partial charge on any atom is -0.330 e. The van der Waals surface area contributed by atoms with Gasteiger partial charge in [-0.05, 0) is 6.92 Å². The zero-order valence-electron chi connectivity index (χ0n) is 9.74. The van der Waals surface area contributed by atoms with Gasteiger partial charge < -0.3 is 4.57 Å². The highest BCUT2D eigenvalue weighted by Crippen LogP contribution is 2.20. The van der Waals surface area contributed by atoms with E-state index in [1.807, 2.05) is 26.4 Å². The Bertz CT molecular complexity index is 498. The molecule has 0 aromatic carbocycles. The number of nitrogens with zero attached hydrogens (tertiary/aromatic N) is 4. The monoisotopic (exact) mass is 238 g/mol. The van der Waals surface area contributed by atoms with Crippen molar-refractivity contribution in [2.45, 2.75) is 26.8 Å². The van der Waals surface area contributed by atoms with Crippen molar-refractivity contribution in [3.8, 4) is 0 Å². The summed E-state index contributed by atoms with van der Waals surface area (Å²) in [4.78, 5) is 4.29. The molecule has 0 bridgehead atoms. The van der Waals surface area contributed by atoms with Crippen molar-refractivity contribution in [3.63, 3.8) is 0 Å². The number of rotatable bonds is 3. The van der Waals surface area contributed by atoms with Gasteiger partial charge in [-0.3, -0.25) is 4.68 Å². The molecule has 0 spiro atoms. The van der Waals surface area contributed by atoms with Crippen LogP contribution in [0.3, 0.4) is 0 Å². The third kappa shape index (κ3) is 1.85. The number of hydrogen-bond donors (Lipinski definition) is 0. The quantitative estimate of drug-likeness (QED) is 0.822. The molecular formula is C11H15ClN4. The Morgan fingerprint density at radius 1 is 1.44 bits per heavy atom. The van der Waals surface area contributed by atoms with Crippen LogP contribution in [0.1, 0.15) is 24.0 Å². The molecule has 0 unspecified atom stereocenters. The van der Waals surface area contributed by atoms with E-state index in [2.05, 4.69) is 21.6 Å². The second-order valence-corrected chi connectivity index (χ2v) is 4.16. The van der Waals surface area contributed by atoms with Gasteiger partial charge in [-0.15, -0.1) is 0 Å². The number of halogens is 1. The predicted molar refractivity (Wildman–Crippen MR) is 63.7 cm³/mol. The number of imidazole rings is 1. The van der Waals surface area contributed by atoms with Crippen LogP contribution in [0.2, 0.25) is 5.15 Å². The lowest BCUT2D eigenvalue weighted by Crippen LogP contribution is -2.04. The van der Waals surface area contributed by atoms with Crippen LogP contribution in [0.25, 0.3) is 0 Å². The van der Waals surface area contributed by atoms with Crippen molar-refractivity contribution in [1.29, 1.82) is 0 Å². The smallest absolute Gasteiger partial charge is 0.131 e. The minimum absolute atomic E-state index is 0.702. The van der Waals surface area contributed by atoms with Crippen molar-refractivity contribution in [2.24, 2.45) is 7.05 Å². The molecule has 0 amide bonds. The molecule has 2 heterocycles. The molecule has 0 fully saturated rings. The highest BCUT2D eigenvalue weighted by Gasteiger charge is 2.12. The normalized spacial score (nSPS) is 11.0. The maximum Gasteiger partial charge on any atom is 0.131 e.